The topological polar surface area (TPSA) is 92.4 Å². The number of hydrogen-bond donors (Lipinski definition) is 3. The Labute approximate surface area is 108 Å². The van der Waals surface area contributed by atoms with E-state index in [2.05, 4.69) is 4.72 Å². The Hall–Kier alpha value is -1.11. The van der Waals surface area contributed by atoms with Crippen LogP contribution in [0.1, 0.15) is 31.4 Å². The van der Waals surface area contributed by atoms with Crippen molar-refractivity contribution in [2.24, 2.45) is 5.73 Å². The highest BCUT2D eigenvalue weighted by Gasteiger charge is 2.11. The van der Waals surface area contributed by atoms with E-state index in [0.29, 0.717) is 17.7 Å². The molecule has 102 valence electrons. The van der Waals surface area contributed by atoms with E-state index in [1.165, 1.54) is 0 Å². The predicted octanol–water partition coefficient (Wildman–Crippen LogP) is 1.22. The molecule has 18 heavy (non-hydrogen) atoms. The first-order valence-electron chi connectivity index (χ1n) is 5.97. The summed E-state index contributed by atoms with van der Waals surface area (Å²) < 4.78 is 25.9. The third-order valence-electron chi connectivity index (χ3n) is 2.53. The lowest BCUT2D eigenvalue weighted by atomic mass is 10.1. The van der Waals surface area contributed by atoms with Crippen LogP contribution < -0.4 is 10.5 Å². The zero-order valence-electron chi connectivity index (χ0n) is 10.5. The monoisotopic (exact) mass is 272 g/mol. The summed E-state index contributed by atoms with van der Waals surface area (Å²) in [4.78, 5) is 0. The van der Waals surface area contributed by atoms with Gasteiger partial charge in [-0.25, -0.2) is 8.42 Å². The lowest BCUT2D eigenvalue weighted by molar-refractivity contribution is 0.187. The van der Waals surface area contributed by atoms with Crippen molar-refractivity contribution in [3.8, 4) is 0 Å². The second kappa shape index (κ2) is 6.72. The van der Waals surface area contributed by atoms with Crippen LogP contribution in [0.15, 0.2) is 24.3 Å². The van der Waals surface area contributed by atoms with Crippen LogP contribution in [-0.2, 0) is 10.0 Å². The molecule has 1 aromatic carbocycles. The molecular weight excluding hydrogens is 252 g/mol. The lowest BCUT2D eigenvalue weighted by Gasteiger charge is -2.11. The molecule has 0 spiro atoms. The molecule has 0 saturated heterocycles. The highest BCUT2D eigenvalue weighted by Crippen LogP contribution is 2.18. The van der Waals surface area contributed by atoms with Gasteiger partial charge in [0.15, 0.2) is 0 Å². The molecule has 0 radical (unpaired) electrons. The minimum atomic E-state index is -3.31. The molecule has 6 heteroatoms. The molecule has 0 amide bonds. The molecular formula is C12H20N2O3S. The predicted molar refractivity (Wildman–Crippen MR) is 72.8 cm³/mol. The van der Waals surface area contributed by atoms with E-state index in [0.717, 1.165) is 6.42 Å². The Kier molecular flexibility index (Phi) is 5.58. The maximum atomic E-state index is 11.7. The van der Waals surface area contributed by atoms with Gasteiger partial charge < -0.3 is 10.8 Å². The van der Waals surface area contributed by atoms with E-state index < -0.39 is 16.1 Å². The van der Waals surface area contributed by atoms with Gasteiger partial charge in [0.1, 0.15) is 0 Å². The zero-order chi connectivity index (χ0) is 13.6. The molecule has 0 bridgehead atoms. The summed E-state index contributed by atoms with van der Waals surface area (Å²) in [6.07, 6.45) is 0.679. The Morgan fingerprint density at radius 3 is 2.78 bits per heavy atom. The largest absolute Gasteiger partial charge is 0.387 e. The number of rotatable bonds is 7. The molecule has 0 fully saturated rings. The molecule has 4 N–H and O–H groups in total. The minimum absolute atomic E-state index is 0.103. The molecule has 1 unspecified atom stereocenters. The Morgan fingerprint density at radius 2 is 2.17 bits per heavy atom. The summed E-state index contributed by atoms with van der Waals surface area (Å²) in [6, 6.07) is 6.64. The SMILES string of the molecule is CCCCS(=O)(=O)Nc1cccc(C(O)CN)c1. The number of benzene rings is 1. The Morgan fingerprint density at radius 1 is 1.44 bits per heavy atom. The number of unbranched alkanes of at least 4 members (excludes halogenated alkanes) is 1. The van der Waals surface area contributed by atoms with E-state index >= 15 is 0 Å². The second-order valence-corrected chi connectivity index (χ2v) is 5.99. The summed E-state index contributed by atoms with van der Waals surface area (Å²) >= 11 is 0. The normalized spacial score (nSPS) is 13.3. The molecule has 1 atom stereocenters. The van der Waals surface area contributed by atoms with E-state index in [9.17, 15) is 13.5 Å². The first kappa shape index (κ1) is 14.9. The van der Waals surface area contributed by atoms with Gasteiger partial charge in [0.25, 0.3) is 0 Å². The van der Waals surface area contributed by atoms with Crippen LogP contribution in [0.4, 0.5) is 5.69 Å². The fourth-order valence-electron chi connectivity index (χ4n) is 1.51. The fraction of sp³-hybridized carbons (Fsp3) is 0.500. The van der Waals surface area contributed by atoms with Crippen LogP contribution in [0.5, 0.6) is 0 Å². The van der Waals surface area contributed by atoms with Gasteiger partial charge in [0.2, 0.25) is 10.0 Å². The first-order valence-corrected chi connectivity index (χ1v) is 7.62. The average molecular weight is 272 g/mol. The van der Waals surface area contributed by atoms with Crippen molar-refractivity contribution in [2.75, 3.05) is 17.0 Å². The number of aliphatic hydroxyl groups excluding tert-OH is 1. The van der Waals surface area contributed by atoms with Gasteiger partial charge >= 0.3 is 0 Å². The van der Waals surface area contributed by atoms with Crippen molar-refractivity contribution in [3.63, 3.8) is 0 Å². The fourth-order valence-corrected chi connectivity index (χ4v) is 2.77. The van der Waals surface area contributed by atoms with Crippen molar-refractivity contribution in [1.29, 1.82) is 0 Å². The molecule has 5 nitrogen and oxygen atoms in total. The van der Waals surface area contributed by atoms with Crippen molar-refractivity contribution < 1.29 is 13.5 Å². The van der Waals surface area contributed by atoms with Crippen molar-refractivity contribution in [2.45, 2.75) is 25.9 Å². The van der Waals surface area contributed by atoms with Crippen LogP contribution in [0.3, 0.4) is 0 Å². The summed E-state index contributed by atoms with van der Waals surface area (Å²) in [6.45, 7) is 2.04. The van der Waals surface area contributed by atoms with Crippen LogP contribution in [0, 0.1) is 0 Å². The molecule has 1 rings (SSSR count). The second-order valence-electron chi connectivity index (χ2n) is 4.15. The Bertz CT molecular complexity index is 474. The van der Waals surface area contributed by atoms with Crippen LogP contribution in [-0.4, -0.2) is 25.8 Å². The summed E-state index contributed by atoms with van der Waals surface area (Å²) in [7, 11) is -3.31. The van der Waals surface area contributed by atoms with Crippen LogP contribution in [0.25, 0.3) is 0 Å². The molecule has 1 aromatic rings. The molecule has 0 aliphatic rings. The third-order valence-corrected chi connectivity index (χ3v) is 3.91. The van der Waals surface area contributed by atoms with Gasteiger partial charge in [0.05, 0.1) is 11.9 Å². The quantitative estimate of drug-likeness (QED) is 0.696. The average Bonchev–Trinajstić information content (AvgIpc) is 2.35. The molecule has 0 aliphatic carbocycles. The van der Waals surface area contributed by atoms with Gasteiger partial charge in [-0.1, -0.05) is 25.5 Å². The van der Waals surface area contributed by atoms with Crippen molar-refractivity contribution in [3.05, 3.63) is 29.8 Å². The number of nitrogens with one attached hydrogen (secondary N) is 1. The van der Waals surface area contributed by atoms with E-state index in [1.54, 1.807) is 24.3 Å². The number of sulfonamides is 1. The molecule has 0 aromatic heterocycles. The standard InChI is InChI=1S/C12H20N2O3S/c1-2-3-7-18(16,17)14-11-6-4-5-10(8-11)12(15)9-13/h4-6,8,12,14-15H,2-3,7,9,13H2,1H3. The lowest BCUT2D eigenvalue weighted by Crippen LogP contribution is -2.17. The molecule has 0 aliphatic heterocycles. The van der Waals surface area contributed by atoms with Gasteiger partial charge in [-0.3, -0.25) is 4.72 Å². The zero-order valence-corrected chi connectivity index (χ0v) is 11.3. The van der Waals surface area contributed by atoms with Crippen molar-refractivity contribution in [1.82, 2.24) is 0 Å². The smallest absolute Gasteiger partial charge is 0.232 e. The van der Waals surface area contributed by atoms with E-state index in [4.69, 9.17) is 5.73 Å². The number of anilines is 1. The summed E-state index contributed by atoms with van der Waals surface area (Å²) in [5.41, 5.74) is 6.42. The van der Waals surface area contributed by atoms with E-state index in [1.807, 2.05) is 6.92 Å². The molecule has 0 saturated carbocycles. The summed E-state index contributed by atoms with van der Waals surface area (Å²) in [5.74, 6) is 0.104. The minimum Gasteiger partial charge on any atom is -0.387 e. The van der Waals surface area contributed by atoms with E-state index in [-0.39, 0.29) is 12.3 Å². The van der Waals surface area contributed by atoms with Crippen LogP contribution in [0.2, 0.25) is 0 Å². The third kappa shape index (κ3) is 4.64. The number of hydrogen-bond acceptors (Lipinski definition) is 4. The number of nitrogens with two attached hydrogens (primary N) is 1. The maximum absolute atomic E-state index is 11.7. The van der Waals surface area contributed by atoms with Crippen LogP contribution >= 0.6 is 0 Å². The summed E-state index contributed by atoms with van der Waals surface area (Å²) in [5, 5.41) is 9.59. The van der Waals surface area contributed by atoms with Gasteiger partial charge in [0, 0.05) is 12.2 Å². The van der Waals surface area contributed by atoms with Gasteiger partial charge in [-0.15, -0.1) is 0 Å². The first-order chi connectivity index (χ1) is 8.48. The maximum Gasteiger partial charge on any atom is 0.232 e. The highest BCUT2D eigenvalue weighted by molar-refractivity contribution is 7.92. The van der Waals surface area contributed by atoms with Gasteiger partial charge in [-0.05, 0) is 24.1 Å². The molecule has 0 heterocycles. The van der Waals surface area contributed by atoms with Gasteiger partial charge in [-0.2, -0.15) is 0 Å². The Balaban J connectivity index is 2.79. The number of aliphatic hydroxyl groups is 1. The highest BCUT2D eigenvalue weighted by atomic mass is 32.2. The van der Waals surface area contributed by atoms with Crippen molar-refractivity contribution >= 4 is 15.7 Å².